The Bertz CT molecular complexity index is 1980. The van der Waals surface area contributed by atoms with Crippen LogP contribution in [0.5, 0.6) is 0 Å². The molecule has 5 saturated carbocycles. The van der Waals surface area contributed by atoms with Crippen molar-refractivity contribution in [2.45, 2.75) is 262 Å². The van der Waals surface area contributed by atoms with Crippen molar-refractivity contribution < 1.29 is 99.2 Å². The molecule has 20 heteroatoms. The molecule has 4 heterocycles. The van der Waals surface area contributed by atoms with E-state index in [4.69, 9.17) is 37.9 Å². The highest BCUT2D eigenvalue weighted by atomic mass is 16.8. The van der Waals surface area contributed by atoms with Gasteiger partial charge in [0.2, 0.25) is 0 Å². The zero-order valence-corrected chi connectivity index (χ0v) is 44.7. The zero-order chi connectivity index (χ0) is 53.9. The molecule has 0 radical (unpaired) electrons. The number of hydrogen-bond donors (Lipinski definition) is 12. The molecular weight excluding hydrogens is 969 g/mol. The summed E-state index contributed by atoms with van der Waals surface area (Å²) in [6.45, 7) is 17.7. The molecule has 74 heavy (non-hydrogen) atoms. The molecule has 9 rings (SSSR count). The van der Waals surface area contributed by atoms with E-state index in [9.17, 15) is 61.3 Å². The predicted molar refractivity (Wildman–Crippen MR) is 260 cm³/mol. The van der Waals surface area contributed by atoms with E-state index >= 15 is 0 Å². The molecule has 5 aliphatic carbocycles. The first-order valence-electron chi connectivity index (χ1n) is 27.6. The highest BCUT2D eigenvalue weighted by Gasteiger charge is 2.82. The topological polar surface area (TPSA) is 317 Å². The fraction of sp³-hybridized carbons (Fsp3) is 0.963. The summed E-state index contributed by atoms with van der Waals surface area (Å²) in [5, 5.41) is 131. The lowest BCUT2D eigenvalue weighted by atomic mass is 9.41. The van der Waals surface area contributed by atoms with Crippen LogP contribution in [0, 0.1) is 50.7 Å². The molecule has 30 unspecified atom stereocenters. The van der Waals surface area contributed by atoms with Crippen LogP contribution in [-0.4, -0.2) is 210 Å². The maximum absolute atomic E-state index is 11.9. The smallest absolute Gasteiger partial charge is 0.187 e. The second kappa shape index (κ2) is 21.1. The molecule has 426 valence electrons. The van der Waals surface area contributed by atoms with Crippen molar-refractivity contribution in [2.24, 2.45) is 50.7 Å². The Morgan fingerprint density at radius 2 is 1.12 bits per heavy atom. The number of aliphatic hydroxyl groups is 12. The third-order valence-corrected chi connectivity index (χ3v) is 21.7. The second-order valence-corrected chi connectivity index (χ2v) is 25.6. The first-order valence-corrected chi connectivity index (χ1v) is 27.6. The number of ether oxygens (including phenoxy) is 8. The molecule has 9 aliphatic rings. The number of rotatable bonds is 14. The minimum Gasteiger partial charge on any atom is -0.393 e. The molecule has 0 amide bonds. The lowest BCUT2D eigenvalue weighted by molar-refractivity contribution is -0.391. The van der Waals surface area contributed by atoms with Gasteiger partial charge in [-0.15, -0.1) is 0 Å². The van der Waals surface area contributed by atoms with Crippen molar-refractivity contribution in [2.75, 3.05) is 13.2 Å². The molecule has 30 atom stereocenters. The Morgan fingerprint density at radius 3 is 1.78 bits per heavy atom. The van der Waals surface area contributed by atoms with Crippen LogP contribution in [0.15, 0.2) is 11.6 Å². The van der Waals surface area contributed by atoms with Crippen molar-refractivity contribution in [1.29, 1.82) is 0 Å². The van der Waals surface area contributed by atoms with Crippen LogP contribution in [-0.2, 0) is 37.9 Å². The number of fused-ring (bicyclic) bond motifs is 2. The molecular formula is C54H90O20. The predicted octanol–water partition coefficient (Wildman–Crippen LogP) is 0.492. The highest BCUT2D eigenvalue weighted by Crippen LogP contribution is 2.89. The van der Waals surface area contributed by atoms with Crippen molar-refractivity contribution in [1.82, 2.24) is 0 Å². The van der Waals surface area contributed by atoms with Gasteiger partial charge in [-0.05, 0) is 143 Å². The van der Waals surface area contributed by atoms with Crippen LogP contribution in [0.2, 0.25) is 0 Å². The van der Waals surface area contributed by atoms with E-state index in [0.29, 0.717) is 24.2 Å². The van der Waals surface area contributed by atoms with Crippen LogP contribution in [0.4, 0.5) is 0 Å². The third kappa shape index (κ3) is 9.32. The van der Waals surface area contributed by atoms with Crippen molar-refractivity contribution >= 4 is 0 Å². The van der Waals surface area contributed by atoms with E-state index in [1.54, 1.807) is 6.92 Å². The molecule has 0 aromatic rings. The van der Waals surface area contributed by atoms with Crippen LogP contribution < -0.4 is 0 Å². The van der Waals surface area contributed by atoms with Gasteiger partial charge in [0.1, 0.15) is 79.4 Å². The Balaban J connectivity index is 0.870. The monoisotopic (exact) mass is 1060 g/mol. The lowest BCUT2D eigenvalue weighted by Crippen LogP contribution is -2.66. The van der Waals surface area contributed by atoms with Gasteiger partial charge in [-0.25, -0.2) is 0 Å². The molecule has 0 bridgehead atoms. The number of aliphatic hydroxyl groups excluding tert-OH is 12. The third-order valence-electron chi connectivity index (χ3n) is 21.7. The van der Waals surface area contributed by atoms with E-state index in [1.165, 1.54) is 26.7 Å². The van der Waals surface area contributed by atoms with Gasteiger partial charge in [-0.2, -0.15) is 0 Å². The zero-order valence-electron chi connectivity index (χ0n) is 44.7. The SMILES string of the molecule is CC(=CCC(O)C(C)C1CCC2(C)C3CCC4C(C)(C)C(OC5OC(C)C(OC6OC(COC7OC(C)C(O)C(O)C7O)C(O)C(O)C6OC6OC(C)C(O)C(O)C6O)C(O)C5O)CCC45CC35CCC12C)CO. The first-order chi connectivity index (χ1) is 34.7. The lowest BCUT2D eigenvalue weighted by Gasteiger charge is -2.63. The molecule has 2 spiro atoms. The molecule has 4 aliphatic heterocycles. The van der Waals surface area contributed by atoms with Crippen LogP contribution >= 0.6 is 0 Å². The largest absolute Gasteiger partial charge is 0.393 e. The van der Waals surface area contributed by atoms with Gasteiger partial charge in [0.05, 0.1) is 43.7 Å². The van der Waals surface area contributed by atoms with Crippen LogP contribution in [0.25, 0.3) is 0 Å². The number of hydrogen-bond acceptors (Lipinski definition) is 20. The Hall–Kier alpha value is -1.06. The van der Waals surface area contributed by atoms with Crippen LogP contribution in [0.1, 0.15) is 127 Å². The van der Waals surface area contributed by atoms with Gasteiger partial charge in [-0.3, -0.25) is 0 Å². The fourth-order valence-electron chi connectivity index (χ4n) is 16.9. The summed E-state index contributed by atoms with van der Waals surface area (Å²) >= 11 is 0. The van der Waals surface area contributed by atoms with E-state index < -0.39 is 136 Å². The summed E-state index contributed by atoms with van der Waals surface area (Å²) < 4.78 is 48.5. The molecule has 20 nitrogen and oxygen atoms in total. The molecule has 9 fully saturated rings. The maximum Gasteiger partial charge on any atom is 0.187 e. The van der Waals surface area contributed by atoms with Gasteiger partial charge in [0.25, 0.3) is 0 Å². The average Bonchev–Trinajstić information content (AvgIpc) is 3.95. The normalized spacial score (nSPS) is 55.1. The Morgan fingerprint density at radius 1 is 0.568 bits per heavy atom. The summed E-state index contributed by atoms with van der Waals surface area (Å²) in [6, 6.07) is 0. The van der Waals surface area contributed by atoms with Crippen molar-refractivity contribution in [3.63, 3.8) is 0 Å². The molecule has 0 aromatic carbocycles. The first kappa shape index (κ1) is 57.6. The van der Waals surface area contributed by atoms with Crippen LogP contribution in [0.3, 0.4) is 0 Å². The van der Waals surface area contributed by atoms with E-state index in [0.717, 1.165) is 50.5 Å². The van der Waals surface area contributed by atoms with Crippen molar-refractivity contribution in [3.8, 4) is 0 Å². The minimum absolute atomic E-state index is 0.00115. The molecule has 4 saturated heterocycles. The quantitative estimate of drug-likeness (QED) is 0.0832. The minimum atomic E-state index is -1.88. The van der Waals surface area contributed by atoms with Gasteiger partial charge in [0.15, 0.2) is 25.2 Å². The summed E-state index contributed by atoms with van der Waals surface area (Å²) in [7, 11) is 0. The van der Waals surface area contributed by atoms with Gasteiger partial charge >= 0.3 is 0 Å². The Kier molecular flexibility index (Phi) is 16.4. The second-order valence-electron chi connectivity index (χ2n) is 25.6. The summed E-state index contributed by atoms with van der Waals surface area (Å²) in [5.41, 5.74) is 1.25. The molecule has 0 aromatic heterocycles. The van der Waals surface area contributed by atoms with Gasteiger partial charge in [0, 0.05) is 0 Å². The van der Waals surface area contributed by atoms with Crippen molar-refractivity contribution in [3.05, 3.63) is 11.6 Å². The van der Waals surface area contributed by atoms with E-state index in [1.807, 2.05) is 13.0 Å². The van der Waals surface area contributed by atoms with E-state index in [-0.39, 0.29) is 45.7 Å². The molecule has 12 N–H and O–H groups in total. The average molecular weight is 1060 g/mol. The maximum atomic E-state index is 11.9. The summed E-state index contributed by atoms with van der Waals surface area (Å²) in [5.74, 6) is 1.51. The summed E-state index contributed by atoms with van der Waals surface area (Å²) in [6.07, 6.45) is -18.9. The fourth-order valence-corrected chi connectivity index (χ4v) is 16.9. The summed E-state index contributed by atoms with van der Waals surface area (Å²) in [4.78, 5) is 0. The van der Waals surface area contributed by atoms with Gasteiger partial charge < -0.3 is 99.2 Å². The Labute approximate surface area is 435 Å². The van der Waals surface area contributed by atoms with E-state index in [2.05, 4.69) is 34.6 Å². The van der Waals surface area contributed by atoms with Gasteiger partial charge in [-0.1, -0.05) is 46.3 Å². The standard InChI is InChI=1S/C54H90O20/c1-23(20-55)10-11-29(56)24(2)28-14-16-52(9)32-13-12-31-50(6,7)33(15-17-53(31)22-54(32,53)19-18-51(28,52)8)72-47-43(66)40(63)44(27(5)70-47)73-49-45(74-48-42(65)38(61)35(58)26(4)69-48)39(62)36(59)30(71-49)21-67-46-41(64)37(60)34(57)25(3)68-46/h10,24-49,55-66H,11-22H2,1-9H3. The highest BCUT2D eigenvalue weighted by molar-refractivity contribution is 5.31.